The number of nitrogens with zero attached hydrogens (tertiary/aromatic N) is 1. The molecule has 0 radical (unpaired) electrons. The van der Waals surface area contributed by atoms with Gasteiger partial charge in [-0.25, -0.2) is 5.06 Å². The van der Waals surface area contributed by atoms with E-state index in [4.69, 9.17) is 9.57 Å². The maximum absolute atomic E-state index is 12.3. The third-order valence-electron chi connectivity index (χ3n) is 3.65. The Kier molecular flexibility index (Phi) is 3.57. The van der Waals surface area contributed by atoms with Crippen LogP contribution < -0.4 is 0 Å². The maximum Gasteiger partial charge on any atom is 0.322 e. The maximum atomic E-state index is 12.3. The van der Waals surface area contributed by atoms with Crippen molar-refractivity contribution in [2.24, 2.45) is 5.41 Å². The molecule has 2 rings (SSSR count). The summed E-state index contributed by atoms with van der Waals surface area (Å²) in [4.78, 5) is 29.3. The number of rotatable bonds is 4. The average Bonchev–Trinajstić information content (AvgIpc) is 3.22. The first kappa shape index (κ1) is 13.5. The lowest BCUT2D eigenvalue weighted by Gasteiger charge is -2.20. The lowest BCUT2D eigenvalue weighted by Crippen LogP contribution is -2.39. The first-order chi connectivity index (χ1) is 9.07. The number of amides is 1. The van der Waals surface area contributed by atoms with E-state index < -0.39 is 11.4 Å². The predicted octanol–water partition coefficient (Wildman–Crippen LogP) is 1.35. The van der Waals surface area contributed by atoms with Crippen LogP contribution in [0.4, 0.5) is 0 Å². The highest BCUT2D eigenvalue weighted by atomic mass is 16.7. The van der Waals surface area contributed by atoms with Gasteiger partial charge in [-0.1, -0.05) is 30.3 Å². The molecule has 0 spiro atoms. The van der Waals surface area contributed by atoms with Crippen molar-refractivity contribution in [3.63, 3.8) is 0 Å². The first-order valence-corrected chi connectivity index (χ1v) is 6.03. The summed E-state index contributed by atoms with van der Waals surface area (Å²) in [6, 6.07) is 9.50. The molecule has 19 heavy (non-hydrogen) atoms. The second-order valence-electron chi connectivity index (χ2n) is 4.62. The fourth-order valence-corrected chi connectivity index (χ4v) is 2.45. The fraction of sp³-hybridized carbons (Fsp3) is 0.429. The van der Waals surface area contributed by atoms with Gasteiger partial charge in [-0.2, -0.15) is 0 Å². The van der Waals surface area contributed by atoms with Gasteiger partial charge in [0.15, 0.2) is 5.41 Å². The van der Waals surface area contributed by atoms with Gasteiger partial charge in [0.05, 0.1) is 14.2 Å². The molecule has 2 atom stereocenters. The molecular weight excluding hydrogens is 246 g/mol. The smallest absolute Gasteiger partial charge is 0.322 e. The van der Waals surface area contributed by atoms with Crippen molar-refractivity contribution in [1.82, 2.24) is 5.06 Å². The molecule has 1 saturated carbocycles. The molecule has 1 aliphatic rings. The molecule has 0 N–H and O–H groups in total. The number of hydrogen-bond donors (Lipinski definition) is 0. The third kappa shape index (κ3) is 2.10. The highest BCUT2D eigenvalue weighted by molar-refractivity contribution is 6.07. The second kappa shape index (κ2) is 5.01. The second-order valence-corrected chi connectivity index (χ2v) is 4.62. The highest BCUT2D eigenvalue weighted by Gasteiger charge is 2.68. The van der Waals surface area contributed by atoms with Crippen LogP contribution in [0.1, 0.15) is 17.9 Å². The van der Waals surface area contributed by atoms with Crippen molar-refractivity contribution in [1.29, 1.82) is 0 Å². The number of hydroxylamine groups is 2. The molecule has 102 valence electrons. The van der Waals surface area contributed by atoms with Gasteiger partial charge in [-0.3, -0.25) is 14.4 Å². The number of benzene rings is 1. The Morgan fingerprint density at radius 2 is 1.89 bits per heavy atom. The molecule has 0 aliphatic heterocycles. The molecule has 0 unspecified atom stereocenters. The summed E-state index contributed by atoms with van der Waals surface area (Å²) in [5.74, 6) is -1.02. The van der Waals surface area contributed by atoms with Gasteiger partial charge >= 0.3 is 5.97 Å². The molecule has 1 aromatic carbocycles. The topological polar surface area (TPSA) is 55.8 Å². The zero-order valence-electron chi connectivity index (χ0n) is 11.3. The molecular formula is C14H17NO4. The summed E-state index contributed by atoms with van der Waals surface area (Å²) < 4.78 is 4.80. The van der Waals surface area contributed by atoms with E-state index in [1.807, 2.05) is 30.3 Å². The Hall–Kier alpha value is -1.88. The Morgan fingerprint density at radius 3 is 2.42 bits per heavy atom. The third-order valence-corrected chi connectivity index (χ3v) is 3.65. The van der Waals surface area contributed by atoms with Crippen LogP contribution in [0.15, 0.2) is 30.3 Å². The van der Waals surface area contributed by atoms with Crippen LogP contribution in [0.2, 0.25) is 0 Å². The lowest BCUT2D eigenvalue weighted by atomic mass is 9.98. The molecule has 1 aromatic rings. The Labute approximate surface area is 112 Å². The SMILES string of the molecule is COC(=O)[C@]1(C(=O)N(C)OC)C[C@@H]1c1ccccc1. The quantitative estimate of drug-likeness (QED) is 0.467. The summed E-state index contributed by atoms with van der Waals surface area (Å²) in [5.41, 5.74) is -0.174. The summed E-state index contributed by atoms with van der Waals surface area (Å²) in [7, 11) is 4.18. The standard InChI is InChI=1S/C14H17NO4/c1-15(19-3)12(16)14(13(17)18-2)9-11(14)10-7-5-4-6-8-10/h4-8,11H,9H2,1-3H3/t11-,14-/m1/s1. The van der Waals surface area contributed by atoms with E-state index in [0.717, 1.165) is 10.6 Å². The summed E-state index contributed by atoms with van der Waals surface area (Å²) >= 11 is 0. The Morgan fingerprint density at radius 1 is 1.26 bits per heavy atom. The minimum Gasteiger partial charge on any atom is -0.468 e. The van der Waals surface area contributed by atoms with Crippen molar-refractivity contribution in [2.75, 3.05) is 21.3 Å². The summed E-state index contributed by atoms with van der Waals surface area (Å²) in [5, 5.41) is 1.08. The monoisotopic (exact) mass is 263 g/mol. The first-order valence-electron chi connectivity index (χ1n) is 6.03. The highest BCUT2D eigenvalue weighted by Crippen LogP contribution is 2.60. The van der Waals surface area contributed by atoms with Crippen molar-refractivity contribution < 1.29 is 19.2 Å². The van der Waals surface area contributed by atoms with E-state index in [9.17, 15) is 9.59 Å². The molecule has 1 fully saturated rings. The van der Waals surface area contributed by atoms with Crippen LogP contribution in [0.5, 0.6) is 0 Å². The van der Waals surface area contributed by atoms with E-state index in [2.05, 4.69) is 0 Å². The van der Waals surface area contributed by atoms with Gasteiger partial charge in [0, 0.05) is 13.0 Å². The van der Waals surface area contributed by atoms with E-state index in [1.54, 1.807) is 0 Å². The number of carbonyl (C=O) groups is 2. The van der Waals surface area contributed by atoms with E-state index in [-0.39, 0.29) is 11.8 Å². The zero-order valence-corrected chi connectivity index (χ0v) is 11.3. The van der Waals surface area contributed by atoms with E-state index >= 15 is 0 Å². The fourth-order valence-electron chi connectivity index (χ4n) is 2.45. The molecule has 0 heterocycles. The average molecular weight is 263 g/mol. The molecule has 0 bridgehead atoms. The van der Waals surface area contributed by atoms with Crippen LogP contribution in [0.25, 0.3) is 0 Å². The summed E-state index contributed by atoms with van der Waals surface area (Å²) in [6.07, 6.45) is 0.455. The van der Waals surface area contributed by atoms with Gasteiger partial charge in [-0.05, 0) is 12.0 Å². The van der Waals surface area contributed by atoms with Crippen LogP contribution in [0.3, 0.4) is 0 Å². The van der Waals surface area contributed by atoms with Crippen molar-refractivity contribution in [3.8, 4) is 0 Å². The van der Waals surface area contributed by atoms with Crippen LogP contribution in [0, 0.1) is 5.41 Å². The van der Waals surface area contributed by atoms with Gasteiger partial charge in [0.2, 0.25) is 0 Å². The van der Waals surface area contributed by atoms with Gasteiger partial charge in [0.25, 0.3) is 5.91 Å². The minimum absolute atomic E-state index is 0.147. The van der Waals surface area contributed by atoms with E-state index in [1.165, 1.54) is 21.3 Å². The molecule has 5 nitrogen and oxygen atoms in total. The number of carbonyl (C=O) groups excluding carboxylic acids is 2. The lowest BCUT2D eigenvalue weighted by molar-refractivity contribution is -0.180. The van der Waals surface area contributed by atoms with Crippen molar-refractivity contribution in [2.45, 2.75) is 12.3 Å². The molecule has 1 amide bonds. The molecule has 1 aliphatic carbocycles. The van der Waals surface area contributed by atoms with Crippen LogP contribution in [-0.2, 0) is 19.2 Å². The number of ether oxygens (including phenoxy) is 1. The van der Waals surface area contributed by atoms with Crippen LogP contribution >= 0.6 is 0 Å². The summed E-state index contributed by atoms with van der Waals surface area (Å²) in [6.45, 7) is 0. The molecule has 0 aromatic heterocycles. The minimum atomic E-state index is -1.14. The predicted molar refractivity (Wildman–Crippen MR) is 68.0 cm³/mol. The zero-order chi connectivity index (χ0) is 14.0. The molecule has 5 heteroatoms. The largest absolute Gasteiger partial charge is 0.468 e. The van der Waals surface area contributed by atoms with Crippen LogP contribution in [-0.4, -0.2) is 38.2 Å². The molecule has 0 saturated heterocycles. The van der Waals surface area contributed by atoms with Gasteiger partial charge in [0.1, 0.15) is 0 Å². The number of esters is 1. The van der Waals surface area contributed by atoms with E-state index in [0.29, 0.717) is 6.42 Å². The van der Waals surface area contributed by atoms with Crippen molar-refractivity contribution >= 4 is 11.9 Å². The Bertz CT molecular complexity index is 487. The van der Waals surface area contributed by atoms with Gasteiger partial charge < -0.3 is 4.74 Å². The van der Waals surface area contributed by atoms with Gasteiger partial charge in [-0.15, -0.1) is 0 Å². The normalized spacial score (nSPS) is 24.7. The Balaban J connectivity index is 2.31. The number of hydrogen-bond acceptors (Lipinski definition) is 4. The van der Waals surface area contributed by atoms with Crippen molar-refractivity contribution in [3.05, 3.63) is 35.9 Å². The number of methoxy groups -OCH3 is 1.